The Labute approximate surface area is 159 Å². The highest BCUT2D eigenvalue weighted by Gasteiger charge is 2.13. The number of hydrogen-bond acceptors (Lipinski definition) is 5. The van der Waals surface area contributed by atoms with Gasteiger partial charge in [0, 0.05) is 5.02 Å². The summed E-state index contributed by atoms with van der Waals surface area (Å²) in [6.45, 7) is -1.02. The van der Waals surface area contributed by atoms with Crippen LogP contribution >= 0.6 is 23.2 Å². The lowest BCUT2D eigenvalue weighted by molar-refractivity contribution is -0.149. The summed E-state index contributed by atoms with van der Waals surface area (Å²) in [6, 6.07) is 10.7. The van der Waals surface area contributed by atoms with Gasteiger partial charge in [0.2, 0.25) is 0 Å². The second-order valence-corrected chi connectivity index (χ2v) is 5.83. The first-order valence-corrected chi connectivity index (χ1v) is 8.04. The molecule has 7 nitrogen and oxygen atoms in total. The molecule has 0 bridgehead atoms. The van der Waals surface area contributed by atoms with Gasteiger partial charge in [-0.2, -0.15) is 0 Å². The molecule has 26 heavy (non-hydrogen) atoms. The maximum Gasteiger partial charge on any atom is 0.344 e. The Morgan fingerprint density at radius 1 is 1.04 bits per heavy atom. The molecule has 0 radical (unpaired) electrons. The molecule has 0 heterocycles. The van der Waals surface area contributed by atoms with E-state index in [1.165, 1.54) is 24.3 Å². The third-order valence-electron chi connectivity index (χ3n) is 3.07. The summed E-state index contributed by atoms with van der Waals surface area (Å²) < 4.78 is 10.0. The number of benzene rings is 2. The van der Waals surface area contributed by atoms with E-state index in [-0.39, 0.29) is 16.3 Å². The summed E-state index contributed by atoms with van der Waals surface area (Å²) in [5.74, 6) is -1.91. The minimum atomic E-state index is -0.790. The van der Waals surface area contributed by atoms with E-state index < -0.39 is 31.0 Å². The molecule has 2 rings (SSSR count). The molecule has 0 unspecified atom stereocenters. The van der Waals surface area contributed by atoms with Crippen molar-refractivity contribution < 1.29 is 23.9 Å². The molecule has 2 aromatic rings. The predicted molar refractivity (Wildman–Crippen MR) is 96.5 cm³/mol. The quantitative estimate of drug-likeness (QED) is 0.699. The van der Waals surface area contributed by atoms with Gasteiger partial charge in [0.1, 0.15) is 5.75 Å². The van der Waals surface area contributed by atoms with Crippen molar-refractivity contribution in [2.75, 3.05) is 18.5 Å². The Hall–Kier alpha value is -2.77. The summed E-state index contributed by atoms with van der Waals surface area (Å²) in [4.78, 5) is 34.7. The van der Waals surface area contributed by atoms with Gasteiger partial charge in [0.15, 0.2) is 13.2 Å². The van der Waals surface area contributed by atoms with Gasteiger partial charge in [-0.1, -0.05) is 35.3 Å². The van der Waals surface area contributed by atoms with Gasteiger partial charge >= 0.3 is 5.97 Å². The van der Waals surface area contributed by atoms with Crippen molar-refractivity contribution in [1.29, 1.82) is 0 Å². The Kier molecular flexibility index (Phi) is 6.82. The molecule has 0 aliphatic carbocycles. The van der Waals surface area contributed by atoms with Crippen molar-refractivity contribution in [1.82, 2.24) is 0 Å². The third kappa shape index (κ3) is 5.65. The molecule has 3 N–H and O–H groups in total. The van der Waals surface area contributed by atoms with Gasteiger partial charge in [0.05, 0.1) is 16.3 Å². The van der Waals surface area contributed by atoms with E-state index in [1.807, 2.05) is 0 Å². The monoisotopic (exact) mass is 396 g/mol. The molecule has 0 aliphatic rings. The maximum absolute atomic E-state index is 11.8. The van der Waals surface area contributed by atoms with Crippen LogP contribution in [0.1, 0.15) is 10.4 Å². The first-order valence-electron chi connectivity index (χ1n) is 7.29. The fourth-order valence-corrected chi connectivity index (χ4v) is 2.35. The number of halogens is 2. The topological polar surface area (TPSA) is 108 Å². The molecule has 0 atom stereocenters. The summed E-state index contributed by atoms with van der Waals surface area (Å²) in [5.41, 5.74) is 5.68. The lowest BCUT2D eigenvalue weighted by atomic mass is 10.2. The van der Waals surface area contributed by atoms with Crippen LogP contribution in [-0.2, 0) is 14.3 Å². The third-order valence-corrected chi connectivity index (χ3v) is 3.62. The van der Waals surface area contributed by atoms with Crippen LogP contribution in [0.4, 0.5) is 5.69 Å². The second kappa shape index (κ2) is 9.07. The molecular weight excluding hydrogens is 383 g/mol. The first-order chi connectivity index (χ1) is 12.4. The molecule has 2 amide bonds. The van der Waals surface area contributed by atoms with Crippen LogP contribution in [0.3, 0.4) is 0 Å². The van der Waals surface area contributed by atoms with Gasteiger partial charge in [-0.3, -0.25) is 9.59 Å². The van der Waals surface area contributed by atoms with Crippen LogP contribution in [0.25, 0.3) is 0 Å². The fourth-order valence-electron chi connectivity index (χ4n) is 1.90. The van der Waals surface area contributed by atoms with E-state index in [4.69, 9.17) is 38.4 Å². The summed E-state index contributed by atoms with van der Waals surface area (Å²) in [6.07, 6.45) is 0. The zero-order valence-corrected chi connectivity index (χ0v) is 14.8. The number of carbonyl (C=O) groups excluding carboxylic acids is 3. The minimum Gasteiger partial charge on any atom is -0.481 e. The summed E-state index contributed by atoms with van der Waals surface area (Å²) >= 11 is 11.7. The summed E-state index contributed by atoms with van der Waals surface area (Å²) in [5, 5.41) is 3.16. The van der Waals surface area contributed by atoms with E-state index in [0.717, 1.165) is 0 Å². The zero-order chi connectivity index (χ0) is 19.1. The van der Waals surface area contributed by atoms with E-state index >= 15 is 0 Å². The van der Waals surface area contributed by atoms with Crippen molar-refractivity contribution in [3.8, 4) is 5.75 Å². The molecular formula is C17H14Cl2N2O5. The van der Waals surface area contributed by atoms with E-state index in [1.54, 1.807) is 18.2 Å². The van der Waals surface area contributed by atoms with Gasteiger partial charge in [-0.25, -0.2) is 4.79 Å². The van der Waals surface area contributed by atoms with Crippen molar-refractivity contribution in [2.45, 2.75) is 0 Å². The lowest BCUT2D eigenvalue weighted by Crippen LogP contribution is -2.24. The van der Waals surface area contributed by atoms with Crippen LogP contribution in [-0.4, -0.2) is 31.0 Å². The standard InChI is InChI=1S/C17H14Cl2N2O5/c18-10-5-6-13(12(19)7-10)21-15(22)8-26-16(23)9-25-14-4-2-1-3-11(14)17(20)24/h1-7H,8-9H2,(H2,20,24)(H,21,22). The Morgan fingerprint density at radius 3 is 2.46 bits per heavy atom. The number of amides is 2. The largest absolute Gasteiger partial charge is 0.481 e. The number of nitrogens with one attached hydrogen (secondary N) is 1. The molecule has 0 fully saturated rings. The number of ether oxygens (including phenoxy) is 2. The number of primary amides is 1. The number of hydrogen-bond donors (Lipinski definition) is 2. The highest BCUT2D eigenvalue weighted by molar-refractivity contribution is 6.36. The summed E-state index contributed by atoms with van der Waals surface area (Å²) in [7, 11) is 0. The van der Waals surface area contributed by atoms with Crippen molar-refractivity contribution in [3.05, 3.63) is 58.1 Å². The minimum absolute atomic E-state index is 0.135. The first kappa shape index (κ1) is 19.6. The van der Waals surface area contributed by atoms with Gasteiger partial charge in [0.25, 0.3) is 11.8 Å². The van der Waals surface area contributed by atoms with Crippen LogP contribution in [0, 0.1) is 0 Å². The van der Waals surface area contributed by atoms with E-state index in [0.29, 0.717) is 10.7 Å². The average Bonchev–Trinajstić information content (AvgIpc) is 2.60. The average molecular weight is 397 g/mol. The van der Waals surface area contributed by atoms with Crippen LogP contribution in [0.15, 0.2) is 42.5 Å². The smallest absolute Gasteiger partial charge is 0.344 e. The molecule has 2 aromatic carbocycles. The van der Waals surface area contributed by atoms with Gasteiger partial charge in [-0.05, 0) is 30.3 Å². The highest BCUT2D eigenvalue weighted by atomic mass is 35.5. The molecule has 0 aromatic heterocycles. The Bertz CT molecular complexity index is 842. The number of carbonyl (C=O) groups is 3. The van der Waals surface area contributed by atoms with E-state index in [2.05, 4.69) is 5.32 Å². The number of para-hydroxylation sites is 1. The van der Waals surface area contributed by atoms with Gasteiger partial charge < -0.3 is 20.5 Å². The van der Waals surface area contributed by atoms with Crippen LogP contribution in [0.2, 0.25) is 10.0 Å². The van der Waals surface area contributed by atoms with Gasteiger partial charge in [-0.15, -0.1) is 0 Å². The zero-order valence-electron chi connectivity index (χ0n) is 13.3. The Morgan fingerprint density at radius 2 is 1.77 bits per heavy atom. The number of rotatable bonds is 7. The molecule has 0 aliphatic heterocycles. The predicted octanol–water partition coefficient (Wildman–Crippen LogP) is 2.65. The molecule has 9 heteroatoms. The fraction of sp³-hybridized carbons (Fsp3) is 0.118. The van der Waals surface area contributed by atoms with Crippen molar-refractivity contribution in [3.63, 3.8) is 0 Å². The molecule has 0 saturated carbocycles. The second-order valence-electron chi connectivity index (χ2n) is 4.98. The molecule has 136 valence electrons. The normalized spacial score (nSPS) is 10.1. The van der Waals surface area contributed by atoms with E-state index in [9.17, 15) is 14.4 Å². The SMILES string of the molecule is NC(=O)c1ccccc1OCC(=O)OCC(=O)Nc1ccc(Cl)cc1Cl. The molecule has 0 spiro atoms. The Balaban J connectivity index is 1.81. The maximum atomic E-state index is 11.8. The van der Waals surface area contributed by atoms with Crippen molar-refractivity contribution in [2.24, 2.45) is 5.73 Å². The highest BCUT2D eigenvalue weighted by Crippen LogP contribution is 2.25. The number of esters is 1. The van der Waals surface area contributed by atoms with Crippen LogP contribution < -0.4 is 15.8 Å². The number of nitrogens with two attached hydrogens (primary N) is 1. The lowest BCUT2D eigenvalue weighted by Gasteiger charge is -2.10. The molecule has 0 saturated heterocycles. The van der Waals surface area contributed by atoms with Crippen molar-refractivity contribution >= 4 is 46.7 Å². The van der Waals surface area contributed by atoms with Crippen LogP contribution in [0.5, 0.6) is 5.75 Å². The number of anilines is 1.